The van der Waals surface area contributed by atoms with E-state index in [2.05, 4.69) is 0 Å². The number of hydrogen-bond acceptors (Lipinski definition) is 3. The number of sulfonamides is 1. The molecule has 0 aromatic rings. The van der Waals surface area contributed by atoms with Gasteiger partial charge in [0.05, 0.1) is 12.8 Å². The first-order valence-corrected chi connectivity index (χ1v) is 6.18. The molecule has 0 aromatic carbocycles. The van der Waals surface area contributed by atoms with Gasteiger partial charge in [-0.05, 0) is 13.8 Å². The van der Waals surface area contributed by atoms with Crippen LogP contribution in [0.15, 0.2) is 0 Å². The first-order valence-electron chi connectivity index (χ1n) is 4.33. The Hall–Kier alpha value is -0.620. The number of likely N-dealkylation sites (N-methyl/N-ethyl adjacent to an activating group) is 1. The van der Waals surface area contributed by atoms with Crippen molar-refractivity contribution in [3.05, 3.63) is 0 Å². The maximum atomic E-state index is 11.3. The number of amides is 1. The van der Waals surface area contributed by atoms with Crippen molar-refractivity contribution in [3.8, 4) is 0 Å². The minimum Gasteiger partial charge on any atom is -0.348 e. The van der Waals surface area contributed by atoms with Gasteiger partial charge in [-0.3, -0.25) is 4.79 Å². The summed E-state index contributed by atoms with van der Waals surface area (Å²) in [5.41, 5.74) is 0. The van der Waals surface area contributed by atoms with Crippen LogP contribution < -0.4 is 0 Å². The summed E-state index contributed by atoms with van der Waals surface area (Å²) in [6.45, 7) is 3.39. The number of rotatable bonds is 4. The van der Waals surface area contributed by atoms with Crippen molar-refractivity contribution in [1.82, 2.24) is 9.21 Å². The van der Waals surface area contributed by atoms with Crippen LogP contribution in [0, 0.1) is 0 Å². The maximum Gasteiger partial charge on any atom is 0.237 e. The molecule has 0 saturated carbocycles. The van der Waals surface area contributed by atoms with E-state index in [0.717, 1.165) is 6.26 Å². The lowest BCUT2D eigenvalue weighted by Gasteiger charge is -2.24. The van der Waals surface area contributed by atoms with Gasteiger partial charge in [0, 0.05) is 20.1 Å². The first-order chi connectivity index (χ1) is 6.16. The Morgan fingerprint density at radius 2 is 1.71 bits per heavy atom. The fourth-order valence-electron chi connectivity index (χ4n) is 0.958. The molecule has 0 aromatic heterocycles. The fourth-order valence-corrected chi connectivity index (χ4v) is 2.07. The monoisotopic (exact) mass is 222 g/mol. The van der Waals surface area contributed by atoms with Gasteiger partial charge >= 0.3 is 0 Å². The van der Waals surface area contributed by atoms with Gasteiger partial charge in [-0.1, -0.05) is 0 Å². The smallest absolute Gasteiger partial charge is 0.237 e. The second kappa shape index (κ2) is 4.75. The Kier molecular flexibility index (Phi) is 4.54. The topological polar surface area (TPSA) is 57.7 Å². The van der Waals surface area contributed by atoms with Crippen molar-refractivity contribution in [2.45, 2.75) is 19.9 Å². The molecule has 0 aliphatic rings. The molecule has 0 aliphatic heterocycles. The molecule has 6 heteroatoms. The van der Waals surface area contributed by atoms with Gasteiger partial charge in [-0.15, -0.1) is 0 Å². The van der Waals surface area contributed by atoms with Gasteiger partial charge in [0.1, 0.15) is 0 Å². The SMILES string of the molecule is CC(C)N(CC(=O)N(C)C)S(C)(=O)=O. The summed E-state index contributed by atoms with van der Waals surface area (Å²) in [6.07, 6.45) is 1.11. The third-order valence-corrected chi connectivity index (χ3v) is 3.19. The molecule has 0 fully saturated rings. The lowest BCUT2D eigenvalue weighted by atomic mass is 10.4. The molecule has 5 nitrogen and oxygen atoms in total. The molecule has 1 amide bonds. The van der Waals surface area contributed by atoms with Crippen LogP contribution in [0.4, 0.5) is 0 Å². The molecule has 0 rings (SSSR count). The summed E-state index contributed by atoms with van der Waals surface area (Å²) in [7, 11) is -0.106. The molecule has 0 aliphatic carbocycles. The van der Waals surface area contributed by atoms with Gasteiger partial charge in [-0.25, -0.2) is 8.42 Å². The van der Waals surface area contributed by atoms with Crippen LogP contribution in [0.1, 0.15) is 13.8 Å². The molecular formula is C8H18N2O3S. The molecule has 0 heterocycles. The molecule has 0 spiro atoms. The highest BCUT2D eigenvalue weighted by Crippen LogP contribution is 2.04. The third kappa shape index (κ3) is 4.06. The van der Waals surface area contributed by atoms with Crippen LogP contribution in [0.2, 0.25) is 0 Å². The molecule has 0 bridgehead atoms. The molecule has 0 saturated heterocycles. The van der Waals surface area contributed by atoms with Crippen LogP contribution in [-0.4, -0.2) is 56.5 Å². The van der Waals surface area contributed by atoms with E-state index in [0.29, 0.717) is 0 Å². The predicted molar refractivity (Wildman–Crippen MR) is 55.4 cm³/mol. The Balaban J connectivity index is 4.65. The Labute approximate surface area is 85.7 Å². The van der Waals surface area contributed by atoms with Gasteiger partial charge < -0.3 is 4.90 Å². The maximum absolute atomic E-state index is 11.3. The summed E-state index contributed by atoms with van der Waals surface area (Å²) < 4.78 is 23.7. The van der Waals surface area contributed by atoms with E-state index in [1.807, 2.05) is 0 Å². The highest BCUT2D eigenvalue weighted by Gasteiger charge is 2.23. The number of carbonyl (C=O) groups is 1. The Morgan fingerprint density at radius 3 is 1.93 bits per heavy atom. The highest BCUT2D eigenvalue weighted by molar-refractivity contribution is 7.88. The largest absolute Gasteiger partial charge is 0.348 e. The summed E-state index contributed by atoms with van der Waals surface area (Å²) >= 11 is 0. The summed E-state index contributed by atoms with van der Waals surface area (Å²) in [5.74, 6) is -0.218. The van der Waals surface area contributed by atoms with E-state index in [-0.39, 0.29) is 18.5 Å². The van der Waals surface area contributed by atoms with Crippen molar-refractivity contribution in [2.75, 3.05) is 26.9 Å². The minimum absolute atomic E-state index is 0.0938. The highest BCUT2D eigenvalue weighted by atomic mass is 32.2. The molecule has 0 atom stereocenters. The van der Waals surface area contributed by atoms with E-state index >= 15 is 0 Å². The van der Waals surface area contributed by atoms with Gasteiger partial charge in [0.15, 0.2) is 0 Å². The van der Waals surface area contributed by atoms with E-state index < -0.39 is 10.0 Å². The fraction of sp³-hybridized carbons (Fsp3) is 0.875. The Bertz CT molecular complexity index is 296. The van der Waals surface area contributed by atoms with Crippen molar-refractivity contribution in [1.29, 1.82) is 0 Å². The lowest BCUT2D eigenvalue weighted by Crippen LogP contribution is -2.43. The summed E-state index contributed by atoms with van der Waals surface area (Å²) in [4.78, 5) is 12.7. The van der Waals surface area contributed by atoms with Crippen LogP contribution in [0.5, 0.6) is 0 Å². The second-order valence-electron chi connectivity index (χ2n) is 3.69. The van der Waals surface area contributed by atoms with Gasteiger partial charge in [-0.2, -0.15) is 4.31 Å². The van der Waals surface area contributed by atoms with E-state index in [9.17, 15) is 13.2 Å². The van der Waals surface area contributed by atoms with Crippen LogP contribution in [0.25, 0.3) is 0 Å². The van der Waals surface area contributed by atoms with Crippen LogP contribution in [-0.2, 0) is 14.8 Å². The molecule has 84 valence electrons. The minimum atomic E-state index is -3.31. The number of carbonyl (C=O) groups excluding carboxylic acids is 1. The molecular weight excluding hydrogens is 204 g/mol. The average molecular weight is 222 g/mol. The first kappa shape index (κ1) is 13.4. The number of hydrogen-bond donors (Lipinski definition) is 0. The van der Waals surface area contributed by atoms with E-state index in [1.165, 1.54) is 9.21 Å². The van der Waals surface area contributed by atoms with Crippen molar-refractivity contribution in [3.63, 3.8) is 0 Å². The van der Waals surface area contributed by atoms with Crippen molar-refractivity contribution >= 4 is 15.9 Å². The normalized spacial score (nSPS) is 12.2. The zero-order chi connectivity index (χ0) is 11.5. The van der Waals surface area contributed by atoms with Gasteiger partial charge in [0.2, 0.25) is 15.9 Å². The standard InChI is InChI=1S/C8H18N2O3S/c1-7(2)10(14(5,12)13)6-8(11)9(3)4/h7H,6H2,1-5H3. The zero-order valence-electron chi connectivity index (χ0n) is 9.31. The van der Waals surface area contributed by atoms with E-state index in [1.54, 1.807) is 27.9 Å². The lowest BCUT2D eigenvalue weighted by molar-refractivity contribution is -0.129. The van der Waals surface area contributed by atoms with Crippen molar-refractivity contribution in [2.24, 2.45) is 0 Å². The molecule has 0 unspecified atom stereocenters. The summed E-state index contributed by atoms with van der Waals surface area (Å²) in [5, 5.41) is 0. The molecule has 0 N–H and O–H groups in total. The summed E-state index contributed by atoms with van der Waals surface area (Å²) in [6, 6.07) is -0.200. The van der Waals surface area contributed by atoms with E-state index in [4.69, 9.17) is 0 Å². The van der Waals surface area contributed by atoms with Crippen molar-refractivity contribution < 1.29 is 13.2 Å². The Morgan fingerprint density at radius 1 is 1.29 bits per heavy atom. The number of nitrogens with zero attached hydrogens (tertiary/aromatic N) is 2. The predicted octanol–water partition coefficient (Wildman–Crippen LogP) is -0.255. The van der Waals surface area contributed by atoms with Gasteiger partial charge in [0.25, 0.3) is 0 Å². The van der Waals surface area contributed by atoms with Crippen LogP contribution in [0.3, 0.4) is 0 Å². The second-order valence-corrected chi connectivity index (χ2v) is 5.63. The molecule has 14 heavy (non-hydrogen) atoms. The average Bonchev–Trinajstić information content (AvgIpc) is 1.96. The quantitative estimate of drug-likeness (QED) is 0.659. The zero-order valence-corrected chi connectivity index (χ0v) is 10.1. The molecule has 0 radical (unpaired) electrons. The third-order valence-electron chi connectivity index (χ3n) is 1.79. The van der Waals surface area contributed by atoms with Crippen LogP contribution >= 0.6 is 0 Å².